The average molecular weight is 429 g/mol. The maximum atomic E-state index is 13.3. The Morgan fingerprint density at radius 3 is 2.55 bits per heavy atom. The van der Waals surface area contributed by atoms with E-state index >= 15 is 0 Å². The first kappa shape index (κ1) is 23.1. The molecule has 2 N–H and O–H groups in total. The third-order valence-electron chi connectivity index (χ3n) is 6.66. The van der Waals surface area contributed by atoms with Crippen molar-refractivity contribution < 1.29 is 14.3 Å². The summed E-state index contributed by atoms with van der Waals surface area (Å²) < 4.78 is 5.58. The molecule has 2 aliphatic rings. The molecule has 2 amide bonds. The van der Waals surface area contributed by atoms with Gasteiger partial charge >= 0.3 is 0 Å². The fourth-order valence-corrected chi connectivity index (χ4v) is 4.53. The van der Waals surface area contributed by atoms with Crippen LogP contribution in [0.25, 0.3) is 0 Å². The number of hydrogen-bond acceptors (Lipinski definition) is 4. The number of unbranched alkanes of at least 4 members (excludes halogenated alkanes) is 1. The molecule has 2 saturated heterocycles. The summed E-state index contributed by atoms with van der Waals surface area (Å²) in [7, 11) is 0. The third kappa shape index (κ3) is 5.20. The number of amides is 2. The zero-order chi connectivity index (χ0) is 22.4. The molecule has 7 nitrogen and oxygen atoms in total. The van der Waals surface area contributed by atoms with E-state index in [1.54, 1.807) is 4.90 Å². The second-order valence-electron chi connectivity index (χ2n) is 9.04. The molecule has 7 heteroatoms. The Hall–Kier alpha value is -2.57. The lowest BCUT2D eigenvalue weighted by Gasteiger charge is -2.34. The molecule has 1 atom stereocenters. The molecule has 170 valence electrons. The zero-order valence-corrected chi connectivity index (χ0v) is 19.0. The highest BCUT2D eigenvalue weighted by Gasteiger charge is 2.51. The Morgan fingerprint density at radius 2 is 1.94 bits per heavy atom. The smallest absolute Gasteiger partial charge is 0.260 e. The van der Waals surface area contributed by atoms with Gasteiger partial charge in [0.2, 0.25) is 0 Å². The largest absolute Gasteiger partial charge is 0.484 e. The van der Waals surface area contributed by atoms with E-state index in [1.807, 2.05) is 35.2 Å². The van der Waals surface area contributed by atoms with Crippen molar-refractivity contribution in [3.05, 3.63) is 30.3 Å². The van der Waals surface area contributed by atoms with E-state index < -0.39 is 5.54 Å². The third-order valence-corrected chi connectivity index (χ3v) is 6.66. The molecule has 0 saturated carbocycles. The Bertz CT molecular complexity index is 774. The molecule has 0 bridgehead atoms. The monoisotopic (exact) mass is 428 g/mol. The normalized spacial score (nSPS) is 22.2. The Labute approximate surface area is 185 Å². The summed E-state index contributed by atoms with van der Waals surface area (Å²) in [5, 5.41) is 11.6. The van der Waals surface area contributed by atoms with Crippen LogP contribution < -0.4 is 10.1 Å². The maximum absolute atomic E-state index is 13.3. The zero-order valence-electron chi connectivity index (χ0n) is 19.0. The fourth-order valence-electron chi connectivity index (χ4n) is 4.53. The van der Waals surface area contributed by atoms with Crippen molar-refractivity contribution in [1.82, 2.24) is 15.1 Å². The number of benzene rings is 1. The molecule has 1 unspecified atom stereocenters. The highest BCUT2D eigenvalue weighted by molar-refractivity contribution is 6.08. The number of piperidine rings is 1. The van der Waals surface area contributed by atoms with Crippen LogP contribution in [-0.2, 0) is 9.59 Å². The molecule has 2 fully saturated rings. The van der Waals surface area contributed by atoms with Gasteiger partial charge in [0, 0.05) is 19.6 Å². The number of hydrogen-bond donors (Lipinski definition) is 2. The van der Waals surface area contributed by atoms with Crippen LogP contribution in [0.1, 0.15) is 52.9 Å². The summed E-state index contributed by atoms with van der Waals surface area (Å²) in [6, 6.07) is 9.36. The van der Waals surface area contributed by atoms with E-state index in [0.29, 0.717) is 31.3 Å². The molecule has 1 aromatic rings. The standard InChI is InChI=1S/C24H36N4O3/c1-4-5-13-24(18(2)3)22(30)28(23(25)26-24)16-19-11-14-27(15-12-19)21(29)17-31-20-9-7-6-8-10-20/h6-10,18-19H,4-5,11-17H2,1-3H3,(H2,25,26). The number of guanidine groups is 1. The van der Waals surface area contributed by atoms with Gasteiger partial charge in [-0.1, -0.05) is 51.8 Å². The average Bonchev–Trinajstić information content (AvgIpc) is 3.02. The van der Waals surface area contributed by atoms with Gasteiger partial charge in [-0.15, -0.1) is 0 Å². The first-order chi connectivity index (χ1) is 14.9. The van der Waals surface area contributed by atoms with Gasteiger partial charge in [-0.2, -0.15) is 0 Å². The summed E-state index contributed by atoms with van der Waals surface area (Å²) in [5.74, 6) is 1.37. The van der Waals surface area contributed by atoms with Crippen molar-refractivity contribution in [3.8, 4) is 5.75 Å². The van der Waals surface area contributed by atoms with Crippen LogP contribution in [0.5, 0.6) is 5.75 Å². The minimum absolute atomic E-state index is 0.00708. The van der Waals surface area contributed by atoms with Crippen LogP contribution in [0.3, 0.4) is 0 Å². The Morgan fingerprint density at radius 1 is 1.26 bits per heavy atom. The molecule has 2 heterocycles. The van der Waals surface area contributed by atoms with Crippen LogP contribution in [0, 0.1) is 17.2 Å². The maximum Gasteiger partial charge on any atom is 0.260 e. The first-order valence-electron chi connectivity index (χ1n) is 11.5. The Balaban J connectivity index is 1.50. The Kier molecular flexibility index (Phi) is 7.57. The summed E-state index contributed by atoms with van der Waals surface area (Å²) >= 11 is 0. The summed E-state index contributed by atoms with van der Waals surface area (Å²) in [5.41, 5.74) is -0.654. The topological polar surface area (TPSA) is 85.7 Å². The molecule has 0 radical (unpaired) electrons. The van der Waals surface area contributed by atoms with Crippen LogP contribution in [-0.4, -0.2) is 59.4 Å². The van der Waals surface area contributed by atoms with E-state index in [-0.39, 0.29) is 30.3 Å². The predicted molar refractivity (Wildman–Crippen MR) is 121 cm³/mol. The SMILES string of the molecule is CCCCC1(C(C)C)NC(=N)N(CC2CCN(C(=O)COc3ccccc3)CC2)C1=O. The first-order valence-corrected chi connectivity index (χ1v) is 11.5. The molecule has 0 spiro atoms. The van der Waals surface area contributed by atoms with Gasteiger partial charge in [-0.3, -0.25) is 19.9 Å². The molecule has 0 aromatic heterocycles. The molecule has 1 aromatic carbocycles. The lowest BCUT2D eigenvalue weighted by molar-refractivity contribution is -0.136. The highest BCUT2D eigenvalue weighted by atomic mass is 16.5. The molecule has 31 heavy (non-hydrogen) atoms. The van der Waals surface area contributed by atoms with Gasteiger partial charge in [0.15, 0.2) is 12.6 Å². The molecule has 3 rings (SSSR count). The lowest BCUT2D eigenvalue weighted by atomic mass is 9.81. The van der Waals surface area contributed by atoms with E-state index in [0.717, 1.165) is 32.1 Å². The minimum Gasteiger partial charge on any atom is -0.484 e. The number of nitrogens with one attached hydrogen (secondary N) is 2. The number of rotatable bonds is 9. The van der Waals surface area contributed by atoms with Crippen molar-refractivity contribution >= 4 is 17.8 Å². The quantitative estimate of drug-likeness (QED) is 0.632. The minimum atomic E-state index is -0.654. The van der Waals surface area contributed by atoms with Gasteiger partial charge in [0.05, 0.1) is 0 Å². The van der Waals surface area contributed by atoms with Crippen molar-refractivity contribution in [1.29, 1.82) is 5.41 Å². The molecular formula is C24H36N4O3. The van der Waals surface area contributed by atoms with Crippen LogP contribution in [0.15, 0.2) is 30.3 Å². The number of ether oxygens (including phenoxy) is 1. The number of carbonyl (C=O) groups is 2. The van der Waals surface area contributed by atoms with Gasteiger partial charge in [-0.05, 0) is 43.2 Å². The van der Waals surface area contributed by atoms with E-state index in [9.17, 15) is 9.59 Å². The summed E-state index contributed by atoms with van der Waals surface area (Å²) in [4.78, 5) is 29.2. The van der Waals surface area contributed by atoms with Gasteiger partial charge in [0.1, 0.15) is 11.3 Å². The second-order valence-corrected chi connectivity index (χ2v) is 9.04. The highest BCUT2D eigenvalue weighted by Crippen LogP contribution is 2.32. The van der Waals surface area contributed by atoms with Crippen molar-refractivity contribution in [3.63, 3.8) is 0 Å². The van der Waals surface area contributed by atoms with Gasteiger partial charge < -0.3 is 15.0 Å². The van der Waals surface area contributed by atoms with Crippen LogP contribution in [0.2, 0.25) is 0 Å². The number of likely N-dealkylation sites (tertiary alicyclic amines) is 1. The van der Waals surface area contributed by atoms with E-state index in [1.165, 1.54) is 0 Å². The summed E-state index contributed by atoms with van der Waals surface area (Å²) in [6.07, 6.45) is 4.41. The molecule has 2 aliphatic heterocycles. The van der Waals surface area contributed by atoms with Crippen molar-refractivity contribution in [2.24, 2.45) is 11.8 Å². The number of carbonyl (C=O) groups excluding carboxylic acids is 2. The van der Waals surface area contributed by atoms with Crippen LogP contribution >= 0.6 is 0 Å². The van der Waals surface area contributed by atoms with E-state index in [4.69, 9.17) is 10.1 Å². The second kappa shape index (κ2) is 10.2. The van der Waals surface area contributed by atoms with Gasteiger partial charge in [0.25, 0.3) is 11.8 Å². The number of nitrogens with zero attached hydrogens (tertiary/aromatic N) is 2. The van der Waals surface area contributed by atoms with Gasteiger partial charge in [-0.25, -0.2) is 0 Å². The molecular weight excluding hydrogens is 392 g/mol. The van der Waals surface area contributed by atoms with E-state index in [2.05, 4.69) is 26.1 Å². The lowest BCUT2D eigenvalue weighted by Crippen LogP contribution is -2.51. The molecule has 0 aliphatic carbocycles. The van der Waals surface area contributed by atoms with Crippen LogP contribution in [0.4, 0.5) is 0 Å². The number of para-hydroxylation sites is 1. The van der Waals surface area contributed by atoms with Crippen molar-refractivity contribution in [2.45, 2.75) is 58.4 Å². The fraction of sp³-hybridized carbons (Fsp3) is 0.625. The van der Waals surface area contributed by atoms with Crippen molar-refractivity contribution in [2.75, 3.05) is 26.2 Å². The summed E-state index contributed by atoms with van der Waals surface area (Å²) in [6.45, 7) is 8.15. The predicted octanol–water partition coefficient (Wildman–Crippen LogP) is 3.26.